The van der Waals surface area contributed by atoms with Gasteiger partial charge in [-0.15, -0.1) is 0 Å². The molecule has 0 unspecified atom stereocenters. The Bertz CT molecular complexity index is 787. The SMILES string of the molecule is CC(C)N(CCO)CCCn1cnc2c1c(=O)n(C)c(=O)n2C. The molecule has 0 aliphatic heterocycles. The van der Waals surface area contributed by atoms with Crippen molar-refractivity contribution < 1.29 is 5.11 Å². The summed E-state index contributed by atoms with van der Waals surface area (Å²) in [5.41, 5.74) is 0.167. The van der Waals surface area contributed by atoms with Crippen LogP contribution in [0.15, 0.2) is 15.9 Å². The van der Waals surface area contributed by atoms with Crippen molar-refractivity contribution in [1.82, 2.24) is 23.6 Å². The van der Waals surface area contributed by atoms with E-state index in [-0.39, 0.29) is 17.9 Å². The van der Waals surface area contributed by atoms with Crippen LogP contribution in [0.5, 0.6) is 0 Å². The van der Waals surface area contributed by atoms with E-state index >= 15 is 0 Å². The largest absolute Gasteiger partial charge is 0.395 e. The second kappa shape index (κ2) is 7.10. The number of aromatic nitrogens is 4. The van der Waals surface area contributed by atoms with Gasteiger partial charge in [0.25, 0.3) is 5.56 Å². The Balaban J connectivity index is 2.22. The van der Waals surface area contributed by atoms with Crippen LogP contribution in [0.4, 0.5) is 0 Å². The third-order valence-corrected chi connectivity index (χ3v) is 4.18. The minimum Gasteiger partial charge on any atom is -0.395 e. The fraction of sp³-hybridized carbons (Fsp3) is 0.667. The molecule has 0 amide bonds. The van der Waals surface area contributed by atoms with Crippen molar-refractivity contribution in [3.63, 3.8) is 0 Å². The average molecular weight is 323 g/mol. The predicted octanol–water partition coefficient (Wildman–Crippen LogP) is -0.473. The van der Waals surface area contributed by atoms with Crippen molar-refractivity contribution in [2.24, 2.45) is 14.1 Å². The van der Waals surface area contributed by atoms with Gasteiger partial charge in [-0.2, -0.15) is 0 Å². The zero-order valence-corrected chi connectivity index (χ0v) is 14.2. The highest BCUT2D eigenvalue weighted by atomic mass is 16.3. The highest BCUT2D eigenvalue weighted by molar-refractivity contribution is 5.69. The molecule has 0 radical (unpaired) electrons. The van der Waals surface area contributed by atoms with Crippen LogP contribution >= 0.6 is 0 Å². The molecule has 8 nitrogen and oxygen atoms in total. The maximum atomic E-state index is 12.3. The van der Waals surface area contributed by atoms with Crippen LogP contribution in [-0.2, 0) is 20.6 Å². The quantitative estimate of drug-likeness (QED) is 0.744. The number of imidazole rings is 1. The molecule has 0 aliphatic rings. The van der Waals surface area contributed by atoms with Crippen LogP contribution < -0.4 is 11.2 Å². The molecule has 8 heteroatoms. The highest BCUT2D eigenvalue weighted by Crippen LogP contribution is 2.07. The molecule has 2 heterocycles. The van der Waals surface area contributed by atoms with E-state index in [9.17, 15) is 9.59 Å². The average Bonchev–Trinajstić information content (AvgIpc) is 2.94. The van der Waals surface area contributed by atoms with Crippen LogP contribution in [0, 0.1) is 0 Å². The molecular formula is C15H25N5O3. The van der Waals surface area contributed by atoms with Gasteiger partial charge in [0.05, 0.1) is 12.9 Å². The van der Waals surface area contributed by atoms with Crippen molar-refractivity contribution >= 4 is 11.2 Å². The van der Waals surface area contributed by atoms with E-state index < -0.39 is 0 Å². The molecular weight excluding hydrogens is 298 g/mol. The van der Waals surface area contributed by atoms with Crippen LogP contribution in [0.1, 0.15) is 20.3 Å². The summed E-state index contributed by atoms with van der Waals surface area (Å²) in [6.07, 6.45) is 2.44. The fourth-order valence-electron chi connectivity index (χ4n) is 2.77. The topological polar surface area (TPSA) is 85.3 Å². The molecule has 2 rings (SSSR count). The van der Waals surface area contributed by atoms with E-state index in [0.717, 1.165) is 17.5 Å². The minimum atomic E-state index is -0.373. The van der Waals surface area contributed by atoms with Gasteiger partial charge in [0, 0.05) is 39.8 Å². The Morgan fingerprint density at radius 3 is 2.52 bits per heavy atom. The fourth-order valence-corrected chi connectivity index (χ4v) is 2.77. The van der Waals surface area contributed by atoms with Gasteiger partial charge in [0.15, 0.2) is 11.2 Å². The van der Waals surface area contributed by atoms with Crippen molar-refractivity contribution in [2.75, 3.05) is 19.7 Å². The van der Waals surface area contributed by atoms with E-state index in [1.807, 2.05) is 0 Å². The number of aliphatic hydroxyl groups is 1. The molecule has 0 atom stereocenters. The standard InChI is InChI=1S/C15H25N5O3/c1-11(2)19(8-9-21)6-5-7-20-10-16-13-12(20)14(22)18(4)15(23)17(13)3/h10-11,21H,5-9H2,1-4H3. The lowest BCUT2D eigenvalue weighted by Gasteiger charge is -2.25. The molecule has 23 heavy (non-hydrogen) atoms. The molecule has 0 saturated heterocycles. The first-order chi connectivity index (χ1) is 10.9. The molecule has 0 aromatic carbocycles. The van der Waals surface area contributed by atoms with Crippen molar-refractivity contribution in [3.8, 4) is 0 Å². The Kier molecular flexibility index (Phi) is 5.38. The minimum absolute atomic E-state index is 0.134. The van der Waals surface area contributed by atoms with Crippen LogP contribution in [0.2, 0.25) is 0 Å². The maximum absolute atomic E-state index is 12.3. The van der Waals surface area contributed by atoms with Crippen LogP contribution in [-0.4, -0.2) is 54.4 Å². The summed E-state index contributed by atoms with van der Waals surface area (Å²) in [5.74, 6) is 0. The lowest BCUT2D eigenvalue weighted by Crippen LogP contribution is -2.37. The Hall–Kier alpha value is -1.93. The van der Waals surface area contributed by atoms with Gasteiger partial charge in [-0.25, -0.2) is 9.78 Å². The van der Waals surface area contributed by atoms with Gasteiger partial charge >= 0.3 is 5.69 Å². The van der Waals surface area contributed by atoms with Gasteiger partial charge in [0.1, 0.15) is 0 Å². The van der Waals surface area contributed by atoms with E-state index in [2.05, 4.69) is 23.7 Å². The first-order valence-electron chi connectivity index (χ1n) is 7.84. The zero-order valence-electron chi connectivity index (χ0n) is 14.2. The lowest BCUT2D eigenvalue weighted by atomic mass is 10.3. The van der Waals surface area contributed by atoms with Gasteiger partial charge in [-0.1, -0.05) is 0 Å². The van der Waals surface area contributed by atoms with Gasteiger partial charge in [-0.3, -0.25) is 18.8 Å². The van der Waals surface area contributed by atoms with Crippen molar-refractivity contribution in [1.29, 1.82) is 0 Å². The maximum Gasteiger partial charge on any atom is 0.332 e. The summed E-state index contributed by atoms with van der Waals surface area (Å²) in [7, 11) is 3.09. The molecule has 0 saturated carbocycles. The summed E-state index contributed by atoms with van der Waals surface area (Å²) in [6.45, 7) is 6.41. The van der Waals surface area contributed by atoms with Gasteiger partial charge in [-0.05, 0) is 20.3 Å². The molecule has 0 bridgehead atoms. The second-order valence-electron chi connectivity index (χ2n) is 6.02. The normalized spacial score (nSPS) is 12.0. The first kappa shape index (κ1) is 17.4. The second-order valence-corrected chi connectivity index (χ2v) is 6.02. The number of aliphatic hydroxyl groups excluding tert-OH is 1. The number of rotatable bonds is 7. The van der Waals surface area contributed by atoms with E-state index in [1.54, 1.807) is 17.9 Å². The van der Waals surface area contributed by atoms with E-state index in [4.69, 9.17) is 5.11 Å². The Morgan fingerprint density at radius 2 is 1.91 bits per heavy atom. The van der Waals surface area contributed by atoms with Crippen molar-refractivity contribution in [3.05, 3.63) is 27.2 Å². The number of nitrogens with zero attached hydrogens (tertiary/aromatic N) is 5. The molecule has 128 valence electrons. The monoisotopic (exact) mass is 323 g/mol. The Labute approximate surface area is 134 Å². The van der Waals surface area contributed by atoms with Crippen LogP contribution in [0.25, 0.3) is 11.2 Å². The highest BCUT2D eigenvalue weighted by Gasteiger charge is 2.14. The smallest absolute Gasteiger partial charge is 0.332 e. The summed E-state index contributed by atoms with van der Waals surface area (Å²) in [6, 6.07) is 0.357. The molecule has 0 spiro atoms. The van der Waals surface area contributed by atoms with E-state index in [0.29, 0.717) is 30.3 Å². The molecule has 1 N–H and O–H groups in total. The molecule has 0 fully saturated rings. The number of hydrogen-bond acceptors (Lipinski definition) is 5. The lowest BCUT2D eigenvalue weighted by molar-refractivity contribution is 0.162. The number of hydrogen-bond donors (Lipinski definition) is 1. The zero-order chi connectivity index (χ0) is 17.1. The van der Waals surface area contributed by atoms with Gasteiger partial charge < -0.3 is 9.67 Å². The van der Waals surface area contributed by atoms with Gasteiger partial charge in [0.2, 0.25) is 0 Å². The van der Waals surface area contributed by atoms with Crippen LogP contribution in [0.3, 0.4) is 0 Å². The summed E-state index contributed by atoms with van der Waals surface area (Å²) >= 11 is 0. The molecule has 0 aliphatic carbocycles. The number of fused-ring (bicyclic) bond motifs is 1. The van der Waals surface area contributed by atoms with Crippen molar-refractivity contribution in [2.45, 2.75) is 32.9 Å². The molecule has 2 aromatic heterocycles. The van der Waals surface area contributed by atoms with E-state index in [1.165, 1.54) is 11.6 Å². The third-order valence-electron chi connectivity index (χ3n) is 4.18. The summed E-state index contributed by atoms with van der Waals surface area (Å²) in [4.78, 5) is 30.6. The molecule has 2 aromatic rings. The third kappa shape index (κ3) is 3.37. The summed E-state index contributed by atoms with van der Waals surface area (Å²) in [5, 5.41) is 9.10. The summed E-state index contributed by atoms with van der Waals surface area (Å²) < 4.78 is 4.29. The number of aryl methyl sites for hydroxylation is 2. The Morgan fingerprint density at radius 1 is 1.22 bits per heavy atom. The first-order valence-corrected chi connectivity index (χ1v) is 7.84. The predicted molar refractivity (Wildman–Crippen MR) is 88.6 cm³/mol.